The third-order valence-electron chi connectivity index (χ3n) is 5.16. The van der Waals surface area contributed by atoms with Crippen LogP contribution in [0.25, 0.3) is 10.2 Å². The molecule has 148 valence electrons. The lowest BCUT2D eigenvalue weighted by molar-refractivity contribution is -0.118. The van der Waals surface area contributed by atoms with Gasteiger partial charge in [-0.3, -0.25) is 9.69 Å². The maximum Gasteiger partial charge on any atom is 0.233 e. The van der Waals surface area contributed by atoms with Gasteiger partial charge in [0.1, 0.15) is 0 Å². The average Bonchev–Trinajstić information content (AvgIpc) is 3.39. The second kappa shape index (κ2) is 8.57. The Bertz CT molecular complexity index is 1100. The van der Waals surface area contributed by atoms with E-state index in [9.17, 15) is 4.79 Å². The summed E-state index contributed by atoms with van der Waals surface area (Å²) in [5, 5.41) is 0.778. The maximum atomic E-state index is 13.2. The van der Waals surface area contributed by atoms with Crippen LogP contribution < -0.4 is 4.90 Å². The van der Waals surface area contributed by atoms with Gasteiger partial charge < -0.3 is 4.57 Å². The van der Waals surface area contributed by atoms with Crippen LogP contribution in [0.2, 0.25) is 0 Å². The molecule has 0 aliphatic heterocycles. The molecule has 0 aliphatic carbocycles. The Balaban J connectivity index is 1.59. The highest BCUT2D eigenvalue weighted by Crippen LogP contribution is 2.32. The molecule has 0 unspecified atom stereocenters. The second-order valence-corrected chi connectivity index (χ2v) is 8.22. The minimum absolute atomic E-state index is 0.0789. The number of anilines is 1. The molecule has 0 spiro atoms. The van der Waals surface area contributed by atoms with Crippen LogP contribution in [-0.2, 0) is 17.8 Å². The largest absolute Gasteiger partial charge is 0.337 e. The molecule has 5 nitrogen and oxygen atoms in total. The van der Waals surface area contributed by atoms with E-state index in [0.717, 1.165) is 33.9 Å². The molecule has 0 aliphatic rings. The van der Waals surface area contributed by atoms with Gasteiger partial charge in [-0.05, 0) is 43.0 Å². The highest BCUT2D eigenvalue weighted by molar-refractivity contribution is 7.22. The molecule has 0 N–H and O–H groups in total. The molecule has 2 aromatic heterocycles. The molecule has 0 fully saturated rings. The van der Waals surface area contributed by atoms with Crippen molar-refractivity contribution in [3.8, 4) is 0 Å². The maximum absolute atomic E-state index is 13.2. The van der Waals surface area contributed by atoms with Crippen molar-refractivity contribution in [2.75, 3.05) is 11.4 Å². The van der Waals surface area contributed by atoms with Crippen LogP contribution >= 0.6 is 11.3 Å². The number of aromatic nitrogens is 3. The predicted octanol–water partition coefficient (Wildman–Crippen LogP) is 4.78. The van der Waals surface area contributed by atoms with Gasteiger partial charge in [0.15, 0.2) is 5.13 Å². The standard InChI is InChI=1S/C23H24N4OS/c1-17-9-10-20-22(18(17)2)25-23(29-20)27(13-6-12-26-14-11-24-16-26)21(28)15-19-7-4-3-5-8-19/h3-5,7-11,14,16H,6,12-13,15H2,1-2H3. The average molecular weight is 405 g/mol. The highest BCUT2D eigenvalue weighted by Gasteiger charge is 2.20. The topological polar surface area (TPSA) is 51.0 Å². The zero-order chi connectivity index (χ0) is 20.2. The first kappa shape index (κ1) is 19.3. The number of aryl methyl sites for hydroxylation is 3. The van der Waals surface area contributed by atoms with Gasteiger partial charge >= 0.3 is 0 Å². The fourth-order valence-corrected chi connectivity index (χ4v) is 4.42. The monoisotopic (exact) mass is 404 g/mol. The van der Waals surface area contributed by atoms with Crippen molar-refractivity contribution in [3.05, 3.63) is 77.9 Å². The second-order valence-electron chi connectivity index (χ2n) is 7.21. The number of imidazole rings is 1. The first-order chi connectivity index (χ1) is 14.1. The quantitative estimate of drug-likeness (QED) is 0.446. The van der Waals surface area contributed by atoms with Crippen LogP contribution in [-0.4, -0.2) is 27.0 Å². The molecule has 4 rings (SSSR count). The van der Waals surface area contributed by atoms with E-state index >= 15 is 0 Å². The smallest absolute Gasteiger partial charge is 0.233 e. The van der Waals surface area contributed by atoms with Crippen molar-refractivity contribution in [2.45, 2.75) is 33.2 Å². The molecule has 29 heavy (non-hydrogen) atoms. The summed E-state index contributed by atoms with van der Waals surface area (Å²) in [6.07, 6.45) is 6.74. The minimum Gasteiger partial charge on any atom is -0.337 e. The zero-order valence-electron chi connectivity index (χ0n) is 16.7. The SMILES string of the molecule is Cc1ccc2sc(N(CCCn3ccnc3)C(=O)Cc3ccccc3)nc2c1C. The van der Waals surface area contributed by atoms with Crippen molar-refractivity contribution in [1.29, 1.82) is 0 Å². The fourth-order valence-electron chi connectivity index (χ4n) is 3.35. The van der Waals surface area contributed by atoms with Gasteiger partial charge in [-0.1, -0.05) is 47.7 Å². The summed E-state index contributed by atoms with van der Waals surface area (Å²) in [6, 6.07) is 14.1. The summed E-state index contributed by atoms with van der Waals surface area (Å²) in [5.41, 5.74) is 4.41. The molecular weight excluding hydrogens is 380 g/mol. The van der Waals surface area contributed by atoms with Gasteiger partial charge in [0.25, 0.3) is 0 Å². The fraction of sp³-hybridized carbons (Fsp3) is 0.261. The van der Waals surface area contributed by atoms with E-state index < -0.39 is 0 Å². The summed E-state index contributed by atoms with van der Waals surface area (Å²) < 4.78 is 3.15. The van der Waals surface area contributed by atoms with Crippen LogP contribution in [0.15, 0.2) is 61.2 Å². The minimum atomic E-state index is 0.0789. The number of hydrogen-bond donors (Lipinski definition) is 0. The first-order valence-corrected chi connectivity index (χ1v) is 10.6. The normalized spacial score (nSPS) is 11.1. The molecule has 0 saturated carbocycles. The molecule has 0 atom stereocenters. The van der Waals surface area contributed by atoms with E-state index in [-0.39, 0.29) is 5.91 Å². The van der Waals surface area contributed by atoms with Gasteiger partial charge in [0.2, 0.25) is 5.91 Å². The van der Waals surface area contributed by atoms with Crippen molar-refractivity contribution >= 4 is 32.6 Å². The highest BCUT2D eigenvalue weighted by atomic mass is 32.1. The number of nitrogens with zero attached hydrogens (tertiary/aromatic N) is 4. The van der Waals surface area contributed by atoms with E-state index in [1.54, 1.807) is 23.9 Å². The number of carbonyl (C=O) groups is 1. The molecular formula is C23H24N4OS. The van der Waals surface area contributed by atoms with Crippen molar-refractivity contribution in [3.63, 3.8) is 0 Å². The summed E-state index contributed by atoms with van der Waals surface area (Å²) in [7, 11) is 0. The number of hydrogen-bond acceptors (Lipinski definition) is 4. The number of benzene rings is 2. The van der Waals surface area contributed by atoms with Crippen LogP contribution in [0.5, 0.6) is 0 Å². The molecule has 2 aromatic carbocycles. The number of amides is 1. The van der Waals surface area contributed by atoms with E-state index in [1.807, 2.05) is 46.0 Å². The molecule has 1 amide bonds. The van der Waals surface area contributed by atoms with E-state index in [4.69, 9.17) is 4.98 Å². The first-order valence-electron chi connectivity index (χ1n) is 9.78. The Morgan fingerprint density at radius 1 is 1.14 bits per heavy atom. The number of carbonyl (C=O) groups excluding carboxylic acids is 1. The Morgan fingerprint density at radius 3 is 2.72 bits per heavy atom. The summed E-state index contributed by atoms with van der Waals surface area (Å²) in [4.78, 5) is 24.0. The third kappa shape index (κ3) is 4.38. The Morgan fingerprint density at radius 2 is 1.97 bits per heavy atom. The van der Waals surface area contributed by atoms with Crippen molar-refractivity contribution in [1.82, 2.24) is 14.5 Å². The van der Waals surface area contributed by atoms with Gasteiger partial charge in [0, 0.05) is 25.5 Å². The van der Waals surface area contributed by atoms with Crippen LogP contribution in [0.4, 0.5) is 5.13 Å². The van der Waals surface area contributed by atoms with Gasteiger partial charge in [-0.2, -0.15) is 0 Å². The molecule has 0 saturated heterocycles. The summed E-state index contributed by atoms with van der Waals surface area (Å²) in [5.74, 6) is 0.0789. The molecule has 6 heteroatoms. The lowest BCUT2D eigenvalue weighted by Gasteiger charge is -2.20. The van der Waals surface area contributed by atoms with Gasteiger partial charge in [-0.25, -0.2) is 9.97 Å². The number of thiazole rings is 1. The molecule has 2 heterocycles. The van der Waals surface area contributed by atoms with Crippen molar-refractivity contribution < 1.29 is 4.79 Å². The predicted molar refractivity (Wildman–Crippen MR) is 118 cm³/mol. The van der Waals surface area contributed by atoms with E-state index in [2.05, 4.69) is 31.0 Å². The lowest BCUT2D eigenvalue weighted by Crippen LogP contribution is -2.33. The number of fused-ring (bicyclic) bond motifs is 1. The Labute approximate surface area is 174 Å². The van der Waals surface area contributed by atoms with E-state index in [1.165, 1.54) is 11.1 Å². The van der Waals surface area contributed by atoms with E-state index in [0.29, 0.717) is 13.0 Å². The van der Waals surface area contributed by atoms with Crippen LogP contribution in [0.3, 0.4) is 0 Å². The van der Waals surface area contributed by atoms with Gasteiger partial charge in [-0.15, -0.1) is 0 Å². The number of rotatable bonds is 7. The Kier molecular flexibility index (Phi) is 5.71. The Hall–Kier alpha value is -2.99. The van der Waals surface area contributed by atoms with Crippen molar-refractivity contribution in [2.24, 2.45) is 0 Å². The molecule has 0 bridgehead atoms. The zero-order valence-corrected chi connectivity index (χ0v) is 17.5. The van der Waals surface area contributed by atoms with Crippen LogP contribution in [0, 0.1) is 13.8 Å². The summed E-state index contributed by atoms with van der Waals surface area (Å²) in [6.45, 7) is 5.63. The van der Waals surface area contributed by atoms with Gasteiger partial charge in [0.05, 0.1) is 23.0 Å². The molecule has 0 radical (unpaired) electrons. The molecule has 4 aromatic rings. The van der Waals surface area contributed by atoms with Crippen LogP contribution in [0.1, 0.15) is 23.1 Å². The lowest BCUT2D eigenvalue weighted by atomic mass is 10.1. The third-order valence-corrected chi connectivity index (χ3v) is 6.20. The summed E-state index contributed by atoms with van der Waals surface area (Å²) >= 11 is 1.59.